The number of hydrogen-bond donors (Lipinski definition) is 4. The second-order valence-corrected chi connectivity index (χ2v) is 8.56. The summed E-state index contributed by atoms with van der Waals surface area (Å²) in [5.74, 6) is 0. The van der Waals surface area contributed by atoms with Crippen LogP contribution in [0.5, 0.6) is 0 Å². The summed E-state index contributed by atoms with van der Waals surface area (Å²) >= 11 is 0. The average molecular weight is 431 g/mol. The highest BCUT2D eigenvalue weighted by atomic mass is 15.1. The van der Waals surface area contributed by atoms with Gasteiger partial charge in [-0.3, -0.25) is 0 Å². The molecule has 0 atom stereocenters. The first-order chi connectivity index (χ1) is 14.6. The molecule has 0 fully saturated rings. The maximum absolute atomic E-state index is 3.20. The first-order valence-corrected chi connectivity index (χ1v) is 12.6. The molecule has 0 aliphatic heterocycles. The SMILES string of the molecule is CNCCCCCCN(C)CCCCCCNC.CNCCCN(C)CCCNC. The largest absolute Gasteiger partial charge is 0.320 e. The Kier molecular flexibility index (Phi) is 30.6. The van der Waals surface area contributed by atoms with E-state index in [2.05, 4.69) is 45.2 Å². The van der Waals surface area contributed by atoms with Crippen molar-refractivity contribution in [1.82, 2.24) is 31.1 Å². The zero-order chi connectivity index (χ0) is 22.7. The van der Waals surface area contributed by atoms with Gasteiger partial charge in [0.1, 0.15) is 0 Å². The minimum Gasteiger partial charge on any atom is -0.320 e. The Balaban J connectivity index is 0. The summed E-state index contributed by atoms with van der Waals surface area (Å²) in [5.41, 5.74) is 0. The van der Waals surface area contributed by atoms with Crippen molar-refractivity contribution >= 4 is 0 Å². The van der Waals surface area contributed by atoms with Crippen LogP contribution in [-0.2, 0) is 0 Å². The highest BCUT2D eigenvalue weighted by Crippen LogP contribution is 2.03. The molecule has 0 heterocycles. The van der Waals surface area contributed by atoms with Crippen LogP contribution < -0.4 is 21.3 Å². The molecule has 0 aromatic heterocycles. The van der Waals surface area contributed by atoms with E-state index in [-0.39, 0.29) is 0 Å². The minimum absolute atomic E-state index is 1.12. The highest BCUT2D eigenvalue weighted by Gasteiger charge is 1.98. The van der Waals surface area contributed by atoms with E-state index in [0.717, 1.165) is 13.1 Å². The lowest BCUT2D eigenvalue weighted by Crippen LogP contribution is -2.25. The number of rotatable bonds is 22. The molecule has 0 radical (unpaired) electrons. The van der Waals surface area contributed by atoms with E-state index in [0.29, 0.717) is 0 Å². The van der Waals surface area contributed by atoms with Crippen LogP contribution in [-0.4, -0.2) is 104 Å². The van der Waals surface area contributed by atoms with Crippen LogP contribution in [0.25, 0.3) is 0 Å². The Morgan fingerprint density at radius 1 is 0.367 bits per heavy atom. The Morgan fingerprint density at radius 2 is 0.633 bits per heavy atom. The van der Waals surface area contributed by atoms with Gasteiger partial charge in [0.25, 0.3) is 0 Å². The molecule has 4 N–H and O–H groups in total. The number of nitrogens with one attached hydrogen (secondary N) is 4. The van der Waals surface area contributed by atoms with Crippen molar-refractivity contribution in [3.05, 3.63) is 0 Å². The van der Waals surface area contributed by atoms with Crippen LogP contribution in [0.3, 0.4) is 0 Å². The topological polar surface area (TPSA) is 54.6 Å². The van der Waals surface area contributed by atoms with Crippen LogP contribution in [0.4, 0.5) is 0 Å². The second kappa shape index (κ2) is 28.8. The molecular weight excluding hydrogens is 372 g/mol. The first-order valence-electron chi connectivity index (χ1n) is 12.6. The third-order valence-electron chi connectivity index (χ3n) is 5.37. The quantitative estimate of drug-likeness (QED) is 0.198. The maximum Gasteiger partial charge on any atom is -0.000968 e. The molecule has 0 aromatic rings. The summed E-state index contributed by atoms with van der Waals surface area (Å²) in [6, 6.07) is 0. The van der Waals surface area contributed by atoms with Crippen molar-refractivity contribution in [2.45, 2.75) is 64.2 Å². The van der Waals surface area contributed by atoms with E-state index in [4.69, 9.17) is 0 Å². The zero-order valence-electron chi connectivity index (χ0n) is 21.6. The number of unbranched alkanes of at least 4 members (excludes halogenated alkanes) is 6. The van der Waals surface area contributed by atoms with Gasteiger partial charge in [-0.15, -0.1) is 0 Å². The predicted molar refractivity (Wildman–Crippen MR) is 137 cm³/mol. The number of hydrogen-bond acceptors (Lipinski definition) is 6. The molecule has 6 heteroatoms. The van der Waals surface area contributed by atoms with Gasteiger partial charge in [-0.25, -0.2) is 0 Å². The van der Waals surface area contributed by atoms with Crippen LogP contribution in [0, 0.1) is 0 Å². The molecule has 0 aromatic carbocycles. The van der Waals surface area contributed by atoms with Gasteiger partial charge in [0, 0.05) is 0 Å². The van der Waals surface area contributed by atoms with E-state index in [1.54, 1.807) is 0 Å². The van der Waals surface area contributed by atoms with Crippen molar-refractivity contribution in [2.24, 2.45) is 0 Å². The van der Waals surface area contributed by atoms with Crippen LogP contribution in [0.1, 0.15) is 64.2 Å². The molecule has 30 heavy (non-hydrogen) atoms. The summed E-state index contributed by atoms with van der Waals surface area (Å²) in [4.78, 5) is 4.88. The Labute approximate surface area is 190 Å². The van der Waals surface area contributed by atoms with E-state index in [1.807, 2.05) is 28.2 Å². The zero-order valence-corrected chi connectivity index (χ0v) is 21.6. The fourth-order valence-electron chi connectivity index (χ4n) is 3.35. The fraction of sp³-hybridized carbons (Fsp3) is 1.00. The Morgan fingerprint density at radius 3 is 0.967 bits per heavy atom. The van der Waals surface area contributed by atoms with Gasteiger partial charge in [-0.05, 0) is 133 Å². The third kappa shape index (κ3) is 30.0. The Bertz CT molecular complexity index is 265. The molecule has 0 saturated carbocycles. The molecule has 0 unspecified atom stereocenters. The average Bonchev–Trinajstić information content (AvgIpc) is 2.74. The molecule has 0 aliphatic carbocycles. The van der Waals surface area contributed by atoms with Gasteiger partial charge in [-0.1, -0.05) is 25.7 Å². The molecule has 0 bridgehead atoms. The van der Waals surface area contributed by atoms with Crippen molar-refractivity contribution < 1.29 is 0 Å². The van der Waals surface area contributed by atoms with Gasteiger partial charge >= 0.3 is 0 Å². The molecule has 0 aliphatic rings. The van der Waals surface area contributed by atoms with E-state index >= 15 is 0 Å². The molecule has 0 amide bonds. The van der Waals surface area contributed by atoms with Crippen molar-refractivity contribution in [2.75, 3.05) is 94.6 Å². The van der Waals surface area contributed by atoms with Crippen molar-refractivity contribution in [3.8, 4) is 0 Å². The number of nitrogens with zero attached hydrogens (tertiary/aromatic N) is 2. The molecule has 6 nitrogen and oxygen atoms in total. The lowest BCUT2D eigenvalue weighted by atomic mass is 10.1. The molecule has 0 rings (SSSR count). The normalized spacial score (nSPS) is 11.2. The lowest BCUT2D eigenvalue weighted by Gasteiger charge is -2.16. The standard InChI is InChI=1S/C15H35N3.C9H23N3/c1-16-12-8-4-6-10-14-18(3)15-11-7-5-9-13-17-2;1-10-6-4-8-12(3)9-5-7-11-2/h16-17H,4-15H2,1-3H3;10-11H,4-9H2,1-3H3. The summed E-state index contributed by atoms with van der Waals surface area (Å²) in [7, 11) is 12.5. The van der Waals surface area contributed by atoms with E-state index in [9.17, 15) is 0 Å². The summed E-state index contributed by atoms with van der Waals surface area (Å²) in [5, 5.41) is 12.7. The van der Waals surface area contributed by atoms with Gasteiger partial charge in [0.15, 0.2) is 0 Å². The lowest BCUT2D eigenvalue weighted by molar-refractivity contribution is 0.314. The van der Waals surface area contributed by atoms with Gasteiger partial charge < -0.3 is 31.1 Å². The predicted octanol–water partition coefficient (Wildman–Crippen LogP) is 2.62. The summed E-state index contributed by atoms with van der Waals surface area (Å²) in [6.45, 7) is 9.53. The van der Waals surface area contributed by atoms with Gasteiger partial charge in [-0.2, -0.15) is 0 Å². The van der Waals surface area contributed by atoms with E-state index < -0.39 is 0 Å². The fourth-order valence-corrected chi connectivity index (χ4v) is 3.35. The molecular formula is C24H58N6. The smallest absolute Gasteiger partial charge is 0.000968 e. The molecule has 0 saturated heterocycles. The van der Waals surface area contributed by atoms with Crippen molar-refractivity contribution in [3.63, 3.8) is 0 Å². The second-order valence-electron chi connectivity index (χ2n) is 8.56. The highest BCUT2D eigenvalue weighted by molar-refractivity contribution is 4.55. The third-order valence-corrected chi connectivity index (χ3v) is 5.37. The van der Waals surface area contributed by atoms with Crippen LogP contribution in [0.2, 0.25) is 0 Å². The maximum atomic E-state index is 3.20. The minimum atomic E-state index is 1.12. The Hall–Kier alpha value is -0.240. The summed E-state index contributed by atoms with van der Waals surface area (Å²) in [6.07, 6.45) is 13.4. The molecule has 0 spiro atoms. The van der Waals surface area contributed by atoms with Crippen LogP contribution in [0.15, 0.2) is 0 Å². The summed E-state index contributed by atoms with van der Waals surface area (Å²) < 4.78 is 0. The molecule has 184 valence electrons. The van der Waals surface area contributed by atoms with Crippen LogP contribution >= 0.6 is 0 Å². The van der Waals surface area contributed by atoms with Gasteiger partial charge in [0.2, 0.25) is 0 Å². The van der Waals surface area contributed by atoms with Gasteiger partial charge in [0.05, 0.1) is 0 Å². The van der Waals surface area contributed by atoms with Crippen molar-refractivity contribution in [1.29, 1.82) is 0 Å². The van der Waals surface area contributed by atoms with E-state index in [1.165, 1.54) is 103 Å². The monoisotopic (exact) mass is 430 g/mol. The first kappa shape index (κ1) is 31.9.